The predicted octanol–water partition coefficient (Wildman–Crippen LogP) is 2.37. The van der Waals surface area contributed by atoms with Crippen LogP contribution in [0.25, 0.3) is 0 Å². The van der Waals surface area contributed by atoms with Crippen molar-refractivity contribution in [3.05, 3.63) is 34.9 Å². The summed E-state index contributed by atoms with van der Waals surface area (Å²) in [7, 11) is 0. The maximum Gasteiger partial charge on any atom is 0.222 e. The number of aliphatic hydroxyl groups is 1. The molecule has 0 bridgehead atoms. The van der Waals surface area contributed by atoms with Gasteiger partial charge in [-0.1, -0.05) is 23.7 Å². The molecule has 7 heteroatoms. The lowest BCUT2D eigenvalue weighted by Crippen LogP contribution is -2.56. The number of hydrogen-bond donors (Lipinski definition) is 2. The fourth-order valence-electron chi connectivity index (χ4n) is 4.37. The van der Waals surface area contributed by atoms with Gasteiger partial charge < -0.3 is 19.9 Å². The minimum absolute atomic E-state index is 0.000390. The summed E-state index contributed by atoms with van der Waals surface area (Å²) in [5.74, 6) is 0.764. The number of fused-ring (bicyclic) bond motifs is 1. The van der Waals surface area contributed by atoms with Crippen LogP contribution in [0.15, 0.2) is 24.3 Å². The smallest absolute Gasteiger partial charge is 0.222 e. The van der Waals surface area contributed by atoms with E-state index in [0.29, 0.717) is 37.7 Å². The first-order chi connectivity index (χ1) is 14.1. The highest BCUT2D eigenvalue weighted by Crippen LogP contribution is 2.34. The highest BCUT2D eigenvalue weighted by molar-refractivity contribution is 6.30. The molecule has 1 saturated carbocycles. The largest absolute Gasteiger partial charge is 0.389 e. The number of nitrogens with one attached hydrogen (secondary N) is 1. The van der Waals surface area contributed by atoms with Crippen LogP contribution < -0.4 is 5.32 Å². The van der Waals surface area contributed by atoms with Crippen molar-refractivity contribution in [3.63, 3.8) is 0 Å². The number of ether oxygens (including phenoxy) is 2. The summed E-state index contributed by atoms with van der Waals surface area (Å²) in [6.45, 7) is 3.00. The van der Waals surface area contributed by atoms with Crippen molar-refractivity contribution in [3.8, 4) is 0 Å². The number of nitrogens with zero attached hydrogens (tertiary/aromatic N) is 1. The third-order valence-corrected chi connectivity index (χ3v) is 6.35. The van der Waals surface area contributed by atoms with E-state index in [1.54, 1.807) is 0 Å². The van der Waals surface area contributed by atoms with Gasteiger partial charge in [0.1, 0.15) is 0 Å². The van der Waals surface area contributed by atoms with Crippen LogP contribution in [0.2, 0.25) is 5.02 Å². The number of rotatable bonds is 6. The van der Waals surface area contributed by atoms with Crippen molar-refractivity contribution >= 4 is 17.5 Å². The van der Waals surface area contributed by atoms with Crippen LogP contribution in [0.5, 0.6) is 0 Å². The molecule has 1 aromatic rings. The lowest BCUT2D eigenvalue weighted by Gasteiger charge is -2.44. The number of carbonyl (C=O) groups is 1. The highest BCUT2D eigenvalue weighted by Gasteiger charge is 2.39. The van der Waals surface area contributed by atoms with Gasteiger partial charge in [-0.25, -0.2) is 0 Å². The van der Waals surface area contributed by atoms with Crippen LogP contribution in [0, 0.1) is 5.92 Å². The van der Waals surface area contributed by atoms with Gasteiger partial charge in [0.15, 0.2) is 0 Å². The quantitative estimate of drug-likeness (QED) is 0.736. The minimum atomic E-state index is -0.439. The van der Waals surface area contributed by atoms with Crippen LogP contribution in [-0.2, 0) is 20.8 Å². The van der Waals surface area contributed by atoms with Crippen molar-refractivity contribution in [1.82, 2.24) is 10.2 Å². The third-order valence-electron chi connectivity index (χ3n) is 6.09. The second kappa shape index (κ2) is 9.75. The van der Waals surface area contributed by atoms with Gasteiger partial charge in [0.25, 0.3) is 0 Å². The molecule has 6 nitrogen and oxygen atoms in total. The number of benzene rings is 1. The molecule has 3 fully saturated rings. The van der Waals surface area contributed by atoms with Crippen molar-refractivity contribution in [2.75, 3.05) is 26.3 Å². The Hall–Kier alpha value is -1.18. The molecule has 1 aromatic carbocycles. The standard InChI is InChI=1S/C22H31ClN2O4/c23-17-5-3-15(4-6-17)10-24-22(27)9-19-7-8-20-21(29-19)14-28-13-18(26)12-25(20)11-16-1-2-16/h3-6,16,18-21,26H,1-2,7-14H2,(H,24,27)/t18-,19-,20+,21-/m0/s1. The normalized spacial score (nSPS) is 30.8. The average Bonchev–Trinajstić information content (AvgIpc) is 3.50. The van der Waals surface area contributed by atoms with Crippen LogP contribution in [-0.4, -0.2) is 66.6 Å². The summed E-state index contributed by atoms with van der Waals surface area (Å²) in [5.41, 5.74) is 1.02. The van der Waals surface area contributed by atoms with E-state index in [0.717, 1.165) is 30.9 Å². The SMILES string of the molecule is O=C(C[C@@H]1CC[C@@H]2[C@H](COC[C@@H](O)CN2CC2CC2)O1)NCc1ccc(Cl)cc1. The lowest BCUT2D eigenvalue weighted by atomic mass is 9.94. The van der Waals surface area contributed by atoms with Crippen LogP contribution >= 0.6 is 11.6 Å². The Kier molecular flexibility index (Phi) is 7.08. The third kappa shape index (κ3) is 6.15. The maximum atomic E-state index is 12.4. The number of amides is 1. The minimum Gasteiger partial charge on any atom is -0.389 e. The molecule has 3 aliphatic rings. The molecule has 2 N–H and O–H groups in total. The molecule has 2 aliphatic heterocycles. The number of halogens is 1. The van der Waals surface area contributed by atoms with Crippen molar-refractivity contribution < 1.29 is 19.4 Å². The van der Waals surface area contributed by atoms with E-state index in [-0.39, 0.29) is 24.2 Å². The fraction of sp³-hybridized carbons (Fsp3) is 0.682. The molecule has 29 heavy (non-hydrogen) atoms. The zero-order chi connectivity index (χ0) is 20.2. The van der Waals surface area contributed by atoms with Crippen molar-refractivity contribution in [1.29, 1.82) is 0 Å². The molecule has 4 atom stereocenters. The topological polar surface area (TPSA) is 71.0 Å². The molecule has 4 rings (SSSR count). The fourth-order valence-corrected chi connectivity index (χ4v) is 4.50. The summed E-state index contributed by atoms with van der Waals surface area (Å²) in [6.07, 6.45) is 4.21. The molecular weight excluding hydrogens is 392 g/mol. The zero-order valence-corrected chi connectivity index (χ0v) is 17.5. The van der Waals surface area contributed by atoms with E-state index in [9.17, 15) is 9.90 Å². The summed E-state index contributed by atoms with van der Waals surface area (Å²) in [4.78, 5) is 14.8. The maximum absolute atomic E-state index is 12.4. The molecule has 0 radical (unpaired) electrons. The Morgan fingerprint density at radius 1 is 1.17 bits per heavy atom. The number of β-amino-alcohol motifs (C(OH)–C–C–N with tert-alkyl or cyclic N) is 1. The Morgan fingerprint density at radius 2 is 1.97 bits per heavy atom. The predicted molar refractivity (Wildman–Crippen MR) is 111 cm³/mol. The first-order valence-corrected chi connectivity index (χ1v) is 11.1. The highest BCUT2D eigenvalue weighted by atomic mass is 35.5. The van der Waals surface area contributed by atoms with Crippen LogP contribution in [0.1, 0.15) is 37.7 Å². The van der Waals surface area contributed by atoms with Gasteiger partial charge in [-0.3, -0.25) is 9.69 Å². The van der Waals surface area contributed by atoms with Gasteiger partial charge in [-0.2, -0.15) is 0 Å². The summed E-state index contributed by atoms with van der Waals surface area (Å²) < 4.78 is 12.0. The molecule has 160 valence electrons. The van der Waals surface area contributed by atoms with Gasteiger partial charge in [0.2, 0.25) is 5.91 Å². The van der Waals surface area contributed by atoms with E-state index in [1.165, 1.54) is 12.8 Å². The van der Waals surface area contributed by atoms with E-state index >= 15 is 0 Å². The summed E-state index contributed by atoms with van der Waals surface area (Å²) >= 11 is 5.90. The average molecular weight is 423 g/mol. The molecular formula is C22H31ClN2O4. The number of hydrogen-bond acceptors (Lipinski definition) is 5. The number of carbonyl (C=O) groups excluding carboxylic acids is 1. The van der Waals surface area contributed by atoms with Gasteiger partial charge in [-0.15, -0.1) is 0 Å². The van der Waals surface area contributed by atoms with Crippen LogP contribution in [0.4, 0.5) is 0 Å². The molecule has 0 aromatic heterocycles. The van der Waals surface area contributed by atoms with E-state index in [1.807, 2.05) is 24.3 Å². The summed E-state index contributed by atoms with van der Waals surface area (Å²) in [6, 6.07) is 7.75. The Labute approximate surface area is 177 Å². The van der Waals surface area contributed by atoms with Gasteiger partial charge in [-0.05, 0) is 49.3 Å². The molecule has 1 amide bonds. The lowest BCUT2D eigenvalue weighted by molar-refractivity contribution is -0.157. The van der Waals surface area contributed by atoms with Crippen molar-refractivity contribution in [2.24, 2.45) is 5.92 Å². The Balaban J connectivity index is 1.28. The van der Waals surface area contributed by atoms with Crippen LogP contribution in [0.3, 0.4) is 0 Å². The first-order valence-electron chi connectivity index (χ1n) is 10.7. The molecule has 2 heterocycles. The van der Waals surface area contributed by atoms with E-state index in [2.05, 4.69) is 10.2 Å². The summed E-state index contributed by atoms with van der Waals surface area (Å²) in [5, 5.41) is 13.8. The van der Waals surface area contributed by atoms with E-state index < -0.39 is 6.10 Å². The molecule has 1 aliphatic carbocycles. The van der Waals surface area contributed by atoms with Gasteiger partial charge in [0, 0.05) is 30.7 Å². The second-order valence-electron chi connectivity index (χ2n) is 8.64. The Morgan fingerprint density at radius 3 is 2.72 bits per heavy atom. The number of aliphatic hydroxyl groups excluding tert-OH is 1. The van der Waals surface area contributed by atoms with Gasteiger partial charge in [0.05, 0.1) is 37.9 Å². The first kappa shape index (κ1) is 21.1. The van der Waals surface area contributed by atoms with Gasteiger partial charge >= 0.3 is 0 Å². The Bertz CT molecular complexity index is 682. The molecule has 0 unspecified atom stereocenters. The second-order valence-corrected chi connectivity index (χ2v) is 9.07. The van der Waals surface area contributed by atoms with Crippen molar-refractivity contribution in [2.45, 2.75) is 63.0 Å². The molecule has 2 saturated heterocycles. The monoisotopic (exact) mass is 422 g/mol. The molecule has 0 spiro atoms. The van der Waals surface area contributed by atoms with E-state index in [4.69, 9.17) is 21.1 Å². The zero-order valence-electron chi connectivity index (χ0n) is 16.8.